The molecule has 1 saturated carbocycles. The largest absolute Gasteiger partial charge is 0.494 e. The first kappa shape index (κ1) is 20.6. The molecule has 1 fully saturated rings. The van der Waals surface area contributed by atoms with E-state index in [4.69, 9.17) is 9.47 Å². The molecule has 2 aromatic heterocycles. The van der Waals surface area contributed by atoms with Crippen LogP contribution >= 0.6 is 11.3 Å². The summed E-state index contributed by atoms with van der Waals surface area (Å²) in [5, 5.41) is 0.556. The van der Waals surface area contributed by atoms with Gasteiger partial charge in [0.15, 0.2) is 0 Å². The Hall–Kier alpha value is -2.67. The number of rotatable bonds is 6. The normalized spacial score (nSPS) is 14.4. The Labute approximate surface area is 179 Å². The lowest BCUT2D eigenvalue weighted by Gasteiger charge is -2.14. The number of fused-ring (bicyclic) bond motifs is 1. The maximum Gasteiger partial charge on any atom is 0.326 e. The standard InChI is InChI=1S/C23H26N2O4S/c1-4-28-17-11-9-16(10-12-17)20-14(2)30-22-21(20)23(27)25(15(3)24-22)13-19(26)29-18-7-5-6-8-18/h9-12,18H,4-8,13H2,1-3H3. The van der Waals surface area contributed by atoms with Gasteiger partial charge in [-0.25, -0.2) is 4.98 Å². The van der Waals surface area contributed by atoms with Gasteiger partial charge in [0, 0.05) is 10.4 Å². The Morgan fingerprint density at radius 1 is 1.20 bits per heavy atom. The second-order valence-corrected chi connectivity index (χ2v) is 8.82. The molecule has 0 radical (unpaired) electrons. The minimum atomic E-state index is -0.372. The van der Waals surface area contributed by atoms with Crippen molar-refractivity contribution < 1.29 is 14.3 Å². The number of esters is 1. The summed E-state index contributed by atoms with van der Waals surface area (Å²) in [7, 11) is 0. The summed E-state index contributed by atoms with van der Waals surface area (Å²) in [5.41, 5.74) is 1.60. The highest BCUT2D eigenvalue weighted by Crippen LogP contribution is 2.36. The molecule has 7 heteroatoms. The van der Waals surface area contributed by atoms with E-state index in [1.165, 1.54) is 15.9 Å². The zero-order valence-corrected chi connectivity index (χ0v) is 18.4. The highest BCUT2D eigenvalue weighted by atomic mass is 32.1. The predicted octanol–water partition coefficient (Wildman–Crippen LogP) is 4.63. The van der Waals surface area contributed by atoms with E-state index in [2.05, 4.69) is 4.98 Å². The fourth-order valence-corrected chi connectivity index (χ4v) is 5.15. The van der Waals surface area contributed by atoms with Crippen molar-refractivity contribution in [3.05, 3.63) is 45.3 Å². The topological polar surface area (TPSA) is 70.4 Å². The summed E-state index contributed by atoms with van der Waals surface area (Å²) in [6.07, 6.45) is 3.96. The number of ether oxygens (including phenoxy) is 2. The summed E-state index contributed by atoms with van der Waals surface area (Å²) in [4.78, 5) is 32.2. The molecule has 4 rings (SSSR count). The predicted molar refractivity (Wildman–Crippen MR) is 118 cm³/mol. The molecule has 0 bridgehead atoms. The van der Waals surface area contributed by atoms with Gasteiger partial charge < -0.3 is 9.47 Å². The lowest BCUT2D eigenvalue weighted by Crippen LogP contribution is -2.29. The zero-order chi connectivity index (χ0) is 21.3. The van der Waals surface area contributed by atoms with Crippen LogP contribution in [0.3, 0.4) is 0 Å². The lowest BCUT2D eigenvalue weighted by molar-refractivity contribution is -0.149. The van der Waals surface area contributed by atoms with E-state index >= 15 is 0 Å². The number of thiophene rings is 1. The van der Waals surface area contributed by atoms with Crippen LogP contribution in [0.15, 0.2) is 29.1 Å². The summed E-state index contributed by atoms with van der Waals surface area (Å²) >= 11 is 1.50. The molecule has 0 spiro atoms. The molecule has 0 aliphatic heterocycles. The average Bonchev–Trinajstić information content (AvgIpc) is 3.33. The number of aromatic nitrogens is 2. The van der Waals surface area contributed by atoms with Crippen LogP contribution in [0, 0.1) is 13.8 Å². The molecule has 0 amide bonds. The highest BCUT2D eigenvalue weighted by Gasteiger charge is 2.22. The monoisotopic (exact) mass is 426 g/mol. The maximum atomic E-state index is 13.4. The molecule has 2 heterocycles. The number of benzene rings is 1. The van der Waals surface area contributed by atoms with Crippen LogP contribution in [0.2, 0.25) is 0 Å². The van der Waals surface area contributed by atoms with E-state index in [1.54, 1.807) is 6.92 Å². The van der Waals surface area contributed by atoms with E-state index in [-0.39, 0.29) is 24.2 Å². The van der Waals surface area contributed by atoms with Crippen molar-refractivity contribution in [2.75, 3.05) is 6.61 Å². The van der Waals surface area contributed by atoms with Crippen LogP contribution in [0.25, 0.3) is 21.3 Å². The second-order valence-electron chi connectivity index (χ2n) is 7.62. The minimum absolute atomic E-state index is 0.0204. The molecule has 0 atom stereocenters. The molecule has 158 valence electrons. The first-order valence-electron chi connectivity index (χ1n) is 10.4. The van der Waals surface area contributed by atoms with Crippen molar-refractivity contribution in [1.29, 1.82) is 0 Å². The van der Waals surface area contributed by atoms with Gasteiger partial charge >= 0.3 is 5.97 Å². The summed E-state index contributed by atoms with van der Waals surface area (Å²) in [5.74, 6) is 0.942. The number of nitrogens with zero attached hydrogens (tertiary/aromatic N) is 2. The molecule has 30 heavy (non-hydrogen) atoms. The van der Waals surface area contributed by atoms with E-state index < -0.39 is 0 Å². The third kappa shape index (κ3) is 3.99. The summed E-state index contributed by atoms with van der Waals surface area (Å²) < 4.78 is 12.5. The minimum Gasteiger partial charge on any atom is -0.494 e. The van der Waals surface area contributed by atoms with Gasteiger partial charge in [0.2, 0.25) is 0 Å². The fraction of sp³-hybridized carbons (Fsp3) is 0.435. The average molecular weight is 427 g/mol. The van der Waals surface area contributed by atoms with Gasteiger partial charge in [0.05, 0.1) is 12.0 Å². The van der Waals surface area contributed by atoms with Gasteiger partial charge in [-0.3, -0.25) is 14.2 Å². The van der Waals surface area contributed by atoms with Crippen molar-refractivity contribution in [3.63, 3.8) is 0 Å². The first-order valence-corrected chi connectivity index (χ1v) is 11.2. The quantitative estimate of drug-likeness (QED) is 0.538. The van der Waals surface area contributed by atoms with E-state index in [1.807, 2.05) is 38.1 Å². The molecule has 0 unspecified atom stereocenters. The number of hydrogen-bond acceptors (Lipinski definition) is 6. The Morgan fingerprint density at radius 3 is 2.57 bits per heavy atom. The smallest absolute Gasteiger partial charge is 0.326 e. The van der Waals surface area contributed by atoms with Crippen molar-refractivity contribution in [1.82, 2.24) is 9.55 Å². The van der Waals surface area contributed by atoms with Gasteiger partial charge in [-0.05, 0) is 64.2 Å². The molecule has 0 saturated heterocycles. The third-order valence-electron chi connectivity index (χ3n) is 5.52. The number of carbonyl (C=O) groups excluding carboxylic acids is 1. The molecule has 3 aromatic rings. The second kappa shape index (κ2) is 8.60. The van der Waals surface area contributed by atoms with Crippen molar-refractivity contribution in [2.45, 2.75) is 59.1 Å². The Bertz CT molecular complexity index is 1120. The molecular weight excluding hydrogens is 400 g/mol. The molecule has 6 nitrogen and oxygen atoms in total. The zero-order valence-electron chi connectivity index (χ0n) is 17.6. The summed E-state index contributed by atoms with van der Waals surface area (Å²) in [6.45, 7) is 6.19. The number of hydrogen-bond donors (Lipinski definition) is 0. The molecule has 1 aliphatic rings. The lowest BCUT2D eigenvalue weighted by atomic mass is 10.0. The maximum absolute atomic E-state index is 13.4. The third-order valence-corrected chi connectivity index (χ3v) is 6.52. The van der Waals surface area contributed by atoms with Crippen LogP contribution < -0.4 is 10.3 Å². The van der Waals surface area contributed by atoms with Gasteiger partial charge in [-0.15, -0.1) is 11.3 Å². The van der Waals surface area contributed by atoms with Crippen LogP contribution in [0.5, 0.6) is 5.75 Å². The fourth-order valence-electron chi connectivity index (χ4n) is 4.07. The molecule has 0 N–H and O–H groups in total. The Morgan fingerprint density at radius 2 is 1.90 bits per heavy atom. The van der Waals surface area contributed by atoms with E-state index in [0.29, 0.717) is 22.6 Å². The SMILES string of the molecule is CCOc1ccc(-c2c(C)sc3nc(C)n(CC(=O)OC4CCCC4)c(=O)c23)cc1. The Kier molecular flexibility index (Phi) is 5.90. The van der Waals surface area contributed by atoms with Crippen molar-refractivity contribution >= 4 is 27.5 Å². The summed E-state index contributed by atoms with van der Waals surface area (Å²) in [6, 6.07) is 7.72. The van der Waals surface area contributed by atoms with Crippen molar-refractivity contribution in [2.24, 2.45) is 0 Å². The van der Waals surface area contributed by atoms with Crippen LogP contribution in [-0.2, 0) is 16.1 Å². The highest BCUT2D eigenvalue weighted by molar-refractivity contribution is 7.19. The van der Waals surface area contributed by atoms with Gasteiger partial charge in [-0.2, -0.15) is 0 Å². The van der Waals surface area contributed by atoms with Crippen LogP contribution in [0.1, 0.15) is 43.3 Å². The molecule has 1 aliphatic carbocycles. The van der Waals surface area contributed by atoms with E-state index in [0.717, 1.165) is 47.4 Å². The Balaban J connectivity index is 1.72. The van der Waals surface area contributed by atoms with Crippen molar-refractivity contribution in [3.8, 4) is 16.9 Å². The molecule has 1 aromatic carbocycles. The van der Waals surface area contributed by atoms with Gasteiger partial charge in [0.25, 0.3) is 5.56 Å². The van der Waals surface area contributed by atoms with Crippen LogP contribution in [0.4, 0.5) is 0 Å². The van der Waals surface area contributed by atoms with Crippen LogP contribution in [-0.4, -0.2) is 28.2 Å². The first-order chi connectivity index (χ1) is 14.5. The van der Waals surface area contributed by atoms with Gasteiger partial charge in [0.1, 0.15) is 29.1 Å². The van der Waals surface area contributed by atoms with E-state index in [9.17, 15) is 9.59 Å². The number of aryl methyl sites for hydroxylation is 2. The van der Waals surface area contributed by atoms with Gasteiger partial charge in [-0.1, -0.05) is 12.1 Å². The number of carbonyl (C=O) groups is 1. The molecular formula is C23H26N2O4S.